The molecule has 7 atom stereocenters. The van der Waals surface area contributed by atoms with Crippen LogP contribution in [0.3, 0.4) is 0 Å². The number of carboxylic acids is 2. The van der Waals surface area contributed by atoms with E-state index < -0.39 is 48.4 Å². The Morgan fingerprint density at radius 3 is 2.68 bits per heavy atom. The number of amides is 2. The molecule has 0 aromatic heterocycles. The normalized spacial score (nSPS) is 31.6. The number of aliphatic carboxylic acids is 2. The molecule has 0 saturated carbocycles. The van der Waals surface area contributed by atoms with Crippen LogP contribution in [-0.2, 0) is 19.2 Å². The fourth-order valence-electron chi connectivity index (χ4n) is 4.25. The molecule has 188 valence electrons. The molecule has 14 nitrogen and oxygen atoms in total. The second kappa shape index (κ2) is 11.4. The zero-order valence-corrected chi connectivity index (χ0v) is 18.4. The van der Waals surface area contributed by atoms with Crippen LogP contribution in [0.2, 0.25) is 0 Å². The summed E-state index contributed by atoms with van der Waals surface area (Å²) in [5.74, 6) is -3.50. The highest BCUT2D eigenvalue weighted by Gasteiger charge is 2.44. The molecule has 2 fully saturated rings. The molecule has 34 heavy (non-hydrogen) atoms. The Labute approximate surface area is 195 Å². The third-order valence-electron chi connectivity index (χ3n) is 6.08. The van der Waals surface area contributed by atoms with Crippen molar-refractivity contribution in [2.45, 2.75) is 56.1 Å². The number of carbonyl (C=O) groups is 4. The topological polar surface area (TPSA) is 218 Å². The quantitative estimate of drug-likeness (QED) is 0.138. The van der Waals surface area contributed by atoms with Crippen molar-refractivity contribution in [3.05, 3.63) is 23.9 Å². The van der Waals surface area contributed by atoms with Gasteiger partial charge in [-0.05, 0) is 18.9 Å². The number of aliphatic hydroxyl groups is 1. The fourth-order valence-corrected chi connectivity index (χ4v) is 4.25. The summed E-state index contributed by atoms with van der Waals surface area (Å²) in [6.45, 7) is 0.853. The van der Waals surface area contributed by atoms with Crippen LogP contribution < -0.4 is 32.3 Å². The van der Waals surface area contributed by atoms with Crippen molar-refractivity contribution >= 4 is 24.3 Å². The molecule has 2 amide bonds. The van der Waals surface area contributed by atoms with Crippen LogP contribution in [0.25, 0.3) is 0 Å². The summed E-state index contributed by atoms with van der Waals surface area (Å²) < 4.78 is 0. The zero-order valence-electron chi connectivity index (χ0n) is 18.4. The average molecular weight is 482 g/mol. The number of nitrogens with zero attached hydrogens (tertiary/aromatic N) is 1. The largest absolute Gasteiger partial charge is 0.481 e. The summed E-state index contributed by atoms with van der Waals surface area (Å²) in [5, 5.41) is 42.9. The molecular formula is C20H31N7O7. The minimum Gasteiger partial charge on any atom is -0.481 e. The van der Waals surface area contributed by atoms with Crippen molar-refractivity contribution < 1.29 is 34.5 Å². The second-order valence-corrected chi connectivity index (χ2v) is 8.41. The van der Waals surface area contributed by atoms with Gasteiger partial charge in [0.15, 0.2) is 0 Å². The Hall–Kier alpha value is -3.04. The lowest BCUT2D eigenvalue weighted by Gasteiger charge is -2.51. The van der Waals surface area contributed by atoms with E-state index in [0.717, 1.165) is 5.70 Å². The van der Waals surface area contributed by atoms with Gasteiger partial charge in [0, 0.05) is 25.2 Å². The first-order chi connectivity index (χ1) is 16.2. The van der Waals surface area contributed by atoms with E-state index in [2.05, 4.69) is 26.6 Å². The summed E-state index contributed by atoms with van der Waals surface area (Å²) in [5.41, 5.74) is 6.51. The van der Waals surface area contributed by atoms with Crippen LogP contribution >= 0.6 is 0 Å². The molecule has 0 radical (unpaired) electrons. The highest BCUT2D eigenvalue weighted by molar-refractivity contribution is 5.86. The highest BCUT2D eigenvalue weighted by atomic mass is 16.4. The summed E-state index contributed by atoms with van der Waals surface area (Å²) in [4.78, 5) is 47.7. The molecule has 0 unspecified atom stereocenters. The van der Waals surface area contributed by atoms with E-state index in [4.69, 9.17) is 10.8 Å². The number of aliphatic hydroxyl groups excluding tert-OH is 1. The smallest absolute Gasteiger partial charge is 0.326 e. The Morgan fingerprint density at radius 1 is 1.29 bits per heavy atom. The van der Waals surface area contributed by atoms with Crippen LogP contribution in [0, 0.1) is 5.92 Å². The fraction of sp³-hybridized carbons (Fsp3) is 0.600. The lowest BCUT2D eigenvalue weighted by molar-refractivity contribution is -0.143. The molecule has 2 saturated heterocycles. The summed E-state index contributed by atoms with van der Waals surface area (Å²) in [7, 11) is 0. The molecule has 1 aliphatic carbocycles. The predicted molar refractivity (Wildman–Crippen MR) is 117 cm³/mol. The van der Waals surface area contributed by atoms with E-state index in [9.17, 15) is 29.4 Å². The molecule has 0 bridgehead atoms. The maximum Gasteiger partial charge on any atom is 0.326 e. The van der Waals surface area contributed by atoms with Gasteiger partial charge in [0.2, 0.25) is 12.3 Å². The SMILES string of the molecule is N[C@@H]1N[C@@H]2NC[C@H](CNC3=CC[C@@H](C(=O)N[C@@H](CCC(=O)O)C(=O)O)C=C3)N(C=O)[C@@H]2[C@@H](O)N1. The number of carboxylic acid groups (broad SMARTS) is 2. The van der Waals surface area contributed by atoms with Gasteiger partial charge in [0.1, 0.15) is 18.6 Å². The van der Waals surface area contributed by atoms with E-state index >= 15 is 0 Å². The number of piperazine rings is 1. The number of nitrogens with one attached hydrogen (secondary N) is 5. The summed E-state index contributed by atoms with van der Waals surface area (Å²) in [6, 6.07) is -2.08. The van der Waals surface area contributed by atoms with Gasteiger partial charge >= 0.3 is 11.9 Å². The molecule has 0 spiro atoms. The number of hydrogen-bond donors (Lipinski definition) is 9. The van der Waals surface area contributed by atoms with E-state index in [-0.39, 0.29) is 25.0 Å². The predicted octanol–water partition coefficient (Wildman–Crippen LogP) is -3.65. The van der Waals surface area contributed by atoms with E-state index in [1.54, 1.807) is 18.2 Å². The first-order valence-electron chi connectivity index (χ1n) is 11.0. The van der Waals surface area contributed by atoms with Gasteiger partial charge in [-0.2, -0.15) is 0 Å². The van der Waals surface area contributed by atoms with Crippen LogP contribution in [0.4, 0.5) is 0 Å². The molecule has 3 aliphatic rings. The first-order valence-corrected chi connectivity index (χ1v) is 11.0. The van der Waals surface area contributed by atoms with Crippen molar-refractivity contribution in [1.82, 2.24) is 31.5 Å². The highest BCUT2D eigenvalue weighted by Crippen LogP contribution is 2.19. The third kappa shape index (κ3) is 6.30. The van der Waals surface area contributed by atoms with E-state index in [1.165, 1.54) is 4.90 Å². The van der Waals surface area contributed by atoms with E-state index in [0.29, 0.717) is 25.9 Å². The van der Waals surface area contributed by atoms with E-state index in [1.807, 2.05) is 0 Å². The second-order valence-electron chi connectivity index (χ2n) is 8.41. The molecule has 0 aromatic rings. The number of nitrogens with two attached hydrogens (primary N) is 1. The van der Waals surface area contributed by atoms with Crippen LogP contribution in [0.15, 0.2) is 23.9 Å². The summed E-state index contributed by atoms with van der Waals surface area (Å²) in [6.07, 6.45) is 3.63. The number of allylic oxidation sites excluding steroid dienone is 2. The number of rotatable bonds is 10. The standard InChI is InChI=1S/C20H31N7O7/c21-20-25-16-15(18(32)26-20)27(9-28)12(8-23-16)7-22-11-3-1-10(2-4-11)17(31)24-13(19(33)34)5-6-14(29)30/h1,3-4,9-10,12-13,15-16,18,20,22-23,25-26,32H,2,5-8,21H2,(H,24,31)(H,29,30)(H,33,34)/t10-,12-,13-,15-,16-,18+,20+/m0/s1. The molecule has 2 heterocycles. The number of fused-ring (bicyclic) bond motifs is 1. The van der Waals surface area contributed by atoms with Crippen molar-refractivity contribution in [1.29, 1.82) is 0 Å². The third-order valence-corrected chi connectivity index (χ3v) is 6.08. The molecule has 0 aromatic carbocycles. The number of hydrogen-bond acceptors (Lipinski definition) is 10. The first kappa shape index (κ1) is 25.6. The molecule has 14 heteroatoms. The van der Waals surface area contributed by atoms with Crippen molar-refractivity contribution in [3.63, 3.8) is 0 Å². The molecular weight excluding hydrogens is 450 g/mol. The van der Waals surface area contributed by atoms with Gasteiger partial charge in [-0.25, -0.2) is 4.79 Å². The number of carbonyl (C=O) groups excluding carboxylic acids is 2. The lowest BCUT2D eigenvalue weighted by Crippen LogP contribution is -2.80. The van der Waals surface area contributed by atoms with Gasteiger partial charge in [-0.15, -0.1) is 0 Å². The average Bonchev–Trinajstić information content (AvgIpc) is 2.79. The van der Waals surface area contributed by atoms with Gasteiger partial charge in [0.05, 0.1) is 24.2 Å². The minimum absolute atomic E-state index is 0.203. The molecule has 2 aliphatic heterocycles. The van der Waals surface area contributed by atoms with Crippen LogP contribution in [0.5, 0.6) is 0 Å². The van der Waals surface area contributed by atoms with Crippen molar-refractivity contribution in [2.75, 3.05) is 13.1 Å². The molecule has 10 N–H and O–H groups in total. The van der Waals surface area contributed by atoms with Crippen molar-refractivity contribution in [3.8, 4) is 0 Å². The zero-order chi connectivity index (χ0) is 24.8. The lowest BCUT2D eigenvalue weighted by atomic mass is 9.97. The van der Waals surface area contributed by atoms with Gasteiger partial charge in [0.25, 0.3) is 0 Å². The van der Waals surface area contributed by atoms with Crippen LogP contribution in [0.1, 0.15) is 19.3 Å². The van der Waals surface area contributed by atoms with Gasteiger partial charge in [-0.1, -0.05) is 12.2 Å². The Balaban J connectivity index is 1.50. The Bertz CT molecular complexity index is 851. The Morgan fingerprint density at radius 2 is 2.06 bits per heavy atom. The maximum atomic E-state index is 12.4. The van der Waals surface area contributed by atoms with Crippen molar-refractivity contribution in [2.24, 2.45) is 11.7 Å². The maximum absolute atomic E-state index is 12.4. The summed E-state index contributed by atoms with van der Waals surface area (Å²) >= 11 is 0. The monoisotopic (exact) mass is 481 g/mol. The Kier molecular flexibility index (Phi) is 8.57. The molecule has 3 rings (SSSR count). The van der Waals surface area contributed by atoms with Gasteiger partial charge < -0.3 is 36.6 Å². The van der Waals surface area contributed by atoms with Crippen LogP contribution in [-0.4, -0.2) is 94.4 Å². The minimum atomic E-state index is -1.29. The van der Waals surface area contributed by atoms with Gasteiger partial charge in [-0.3, -0.25) is 30.3 Å².